The van der Waals surface area contributed by atoms with Gasteiger partial charge in [0.25, 0.3) is 0 Å². The van der Waals surface area contributed by atoms with E-state index in [0.29, 0.717) is 6.10 Å². The van der Waals surface area contributed by atoms with Gasteiger partial charge < -0.3 is 10.1 Å². The summed E-state index contributed by atoms with van der Waals surface area (Å²) in [5.74, 6) is 1.15. The molecule has 1 aromatic rings. The molecule has 1 N–H and O–H groups in total. The van der Waals surface area contributed by atoms with Crippen LogP contribution in [0.1, 0.15) is 43.0 Å². The predicted octanol–water partition coefficient (Wildman–Crippen LogP) is 2.80. The van der Waals surface area contributed by atoms with Crippen molar-refractivity contribution in [2.24, 2.45) is 5.41 Å². The number of piperidine rings is 1. The van der Waals surface area contributed by atoms with Gasteiger partial charge in [0, 0.05) is 11.0 Å². The van der Waals surface area contributed by atoms with Crippen LogP contribution in [0.5, 0.6) is 5.75 Å². The van der Waals surface area contributed by atoms with E-state index in [4.69, 9.17) is 4.74 Å². The third-order valence-electron chi connectivity index (χ3n) is 4.20. The summed E-state index contributed by atoms with van der Waals surface area (Å²) in [7, 11) is 0. The van der Waals surface area contributed by atoms with Crippen LogP contribution in [0.4, 0.5) is 0 Å². The minimum absolute atomic E-state index is 0.204. The average Bonchev–Trinajstić information content (AvgIpc) is 3.24. The van der Waals surface area contributed by atoms with E-state index in [9.17, 15) is 4.79 Å². The summed E-state index contributed by atoms with van der Waals surface area (Å²) in [4.78, 5) is 12.6. The second-order valence-electron chi connectivity index (χ2n) is 5.98. The standard InChI is InChI=1S/C16H21NO2/c1-16(8-10-17-11-9-16)15(18)12-2-4-13(5-3-12)19-14-6-7-14/h2-5,14,17H,6-11H2,1H3. The highest BCUT2D eigenvalue weighted by molar-refractivity contribution is 6.00. The van der Waals surface area contributed by atoms with E-state index in [1.165, 1.54) is 0 Å². The van der Waals surface area contributed by atoms with Crippen LogP contribution >= 0.6 is 0 Å². The fraction of sp³-hybridized carbons (Fsp3) is 0.562. The number of hydrogen-bond acceptors (Lipinski definition) is 3. The molecule has 0 spiro atoms. The molecule has 0 unspecified atom stereocenters. The van der Waals surface area contributed by atoms with E-state index < -0.39 is 0 Å². The lowest BCUT2D eigenvalue weighted by Gasteiger charge is -2.32. The highest BCUT2D eigenvalue weighted by Crippen LogP contribution is 2.33. The number of hydrogen-bond donors (Lipinski definition) is 1. The van der Waals surface area contributed by atoms with Crippen molar-refractivity contribution in [3.63, 3.8) is 0 Å². The Morgan fingerprint density at radius 1 is 1.21 bits per heavy atom. The van der Waals surface area contributed by atoms with Crippen LogP contribution in [0.25, 0.3) is 0 Å². The van der Waals surface area contributed by atoms with Gasteiger partial charge in [-0.15, -0.1) is 0 Å². The minimum Gasteiger partial charge on any atom is -0.490 e. The lowest BCUT2D eigenvalue weighted by Crippen LogP contribution is -2.40. The second kappa shape index (κ2) is 4.97. The van der Waals surface area contributed by atoms with Gasteiger partial charge in [-0.2, -0.15) is 0 Å². The molecule has 0 atom stereocenters. The summed E-state index contributed by atoms with van der Waals surface area (Å²) in [5, 5.41) is 3.31. The summed E-state index contributed by atoms with van der Waals surface area (Å²) in [6, 6.07) is 7.67. The Morgan fingerprint density at radius 3 is 2.42 bits per heavy atom. The summed E-state index contributed by atoms with van der Waals surface area (Å²) in [5.41, 5.74) is 0.608. The van der Waals surface area contributed by atoms with Gasteiger partial charge >= 0.3 is 0 Å². The lowest BCUT2D eigenvalue weighted by atomic mass is 9.75. The third-order valence-corrected chi connectivity index (χ3v) is 4.20. The molecular weight excluding hydrogens is 238 g/mol. The molecule has 2 aliphatic rings. The van der Waals surface area contributed by atoms with Crippen molar-refractivity contribution in [2.45, 2.75) is 38.7 Å². The molecule has 0 bridgehead atoms. The molecule has 3 nitrogen and oxygen atoms in total. The number of carbonyl (C=O) groups excluding carboxylic acids is 1. The van der Waals surface area contributed by atoms with Gasteiger partial charge in [0.05, 0.1) is 6.10 Å². The van der Waals surface area contributed by atoms with E-state index in [-0.39, 0.29) is 11.2 Å². The quantitative estimate of drug-likeness (QED) is 0.845. The van der Waals surface area contributed by atoms with Crippen molar-refractivity contribution >= 4 is 5.78 Å². The van der Waals surface area contributed by atoms with Crippen LogP contribution in [0.15, 0.2) is 24.3 Å². The van der Waals surface area contributed by atoms with Gasteiger partial charge in [-0.1, -0.05) is 6.92 Å². The largest absolute Gasteiger partial charge is 0.490 e. The molecule has 1 saturated heterocycles. The zero-order valence-electron chi connectivity index (χ0n) is 11.4. The van der Waals surface area contributed by atoms with Gasteiger partial charge in [0.2, 0.25) is 0 Å². The fourth-order valence-corrected chi connectivity index (χ4v) is 2.62. The van der Waals surface area contributed by atoms with E-state index in [1.54, 1.807) is 0 Å². The topological polar surface area (TPSA) is 38.3 Å². The van der Waals surface area contributed by atoms with Gasteiger partial charge in [-0.25, -0.2) is 0 Å². The van der Waals surface area contributed by atoms with Gasteiger partial charge in [0.1, 0.15) is 5.75 Å². The first-order valence-corrected chi connectivity index (χ1v) is 7.20. The fourth-order valence-electron chi connectivity index (χ4n) is 2.62. The molecule has 102 valence electrons. The molecular formula is C16H21NO2. The third kappa shape index (κ3) is 2.81. The number of carbonyl (C=O) groups is 1. The summed E-state index contributed by atoms with van der Waals surface area (Å²) in [6.07, 6.45) is 4.57. The monoisotopic (exact) mass is 259 g/mol. The molecule has 2 fully saturated rings. The van der Waals surface area contributed by atoms with Gasteiger partial charge in [-0.3, -0.25) is 4.79 Å². The van der Waals surface area contributed by atoms with Crippen molar-refractivity contribution in [3.05, 3.63) is 29.8 Å². The number of rotatable bonds is 4. The maximum absolute atomic E-state index is 12.6. The van der Waals surface area contributed by atoms with Crippen LogP contribution in [-0.4, -0.2) is 25.0 Å². The Balaban J connectivity index is 1.71. The van der Waals surface area contributed by atoms with Crippen LogP contribution in [0.3, 0.4) is 0 Å². The SMILES string of the molecule is CC1(C(=O)c2ccc(OC3CC3)cc2)CCNCC1. The molecule has 1 aliphatic heterocycles. The highest BCUT2D eigenvalue weighted by atomic mass is 16.5. The van der Waals surface area contributed by atoms with Gasteiger partial charge in [0.15, 0.2) is 5.78 Å². The Hall–Kier alpha value is -1.35. The number of ether oxygens (including phenoxy) is 1. The van der Waals surface area contributed by atoms with Crippen molar-refractivity contribution in [3.8, 4) is 5.75 Å². The van der Waals surface area contributed by atoms with Gasteiger partial charge in [-0.05, 0) is 63.0 Å². The molecule has 3 rings (SSSR count). The maximum atomic E-state index is 12.6. The Labute approximate surface area is 114 Å². The predicted molar refractivity (Wildman–Crippen MR) is 74.6 cm³/mol. The van der Waals surface area contributed by atoms with E-state index in [0.717, 1.165) is 50.1 Å². The lowest BCUT2D eigenvalue weighted by molar-refractivity contribution is 0.0762. The number of nitrogens with one attached hydrogen (secondary N) is 1. The van der Waals surface area contributed by atoms with Crippen molar-refractivity contribution in [1.29, 1.82) is 0 Å². The zero-order valence-corrected chi connectivity index (χ0v) is 11.4. The molecule has 1 heterocycles. The number of ketones is 1. The Kier molecular flexibility index (Phi) is 3.31. The molecule has 1 aliphatic carbocycles. The molecule has 0 radical (unpaired) electrons. The Morgan fingerprint density at radius 2 is 1.84 bits per heavy atom. The molecule has 1 saturated carbocycles. The number of Topliss-reactive ketones (excluding diaryl/α,β-unsaturated/α-hetero) is 1. The van der Waals surface area contributed by atoms with Crippen LogP contribution in [0.2, 0.25) is 0 Å². The molecule has 3 heteroatoms. The van der Waals surface area contributed by atoms with Crippen LogP contribution in [0, 0.1) is 5.41 Å². The first kappa shape index (κ1) is 12.7. The van der Waals surface area contributed by atoms with Crippen molar-refractivity contribution in [2.75, 3.05) is 13.1 Å². The van der Waals surface area contributed by atoms with Crippen molar-refractivity contribution < 1.29 is 9.53 Å². The second-order valence-corrected chi connectivity index (χ2v) is 5.98. The van der Waals surface area contributed by atoms with Crippen molar-refractivity contribution in [1.82, 2.24) is 5.32 Å². The summed E-state index contributed by atoms with van der Waals surface area (Å²) in [6.45, 7) is 3.96. The molecule has 0 aromatic heterocycles. The first-order chi connectivity index (χ1) is 9.17. The normalized spacial score (nSPS) is 21.9. The maximum Gasteiger partial charge on any atom is 0.168 e. The zero-order chi connectivity index (χ0) is 13.3. The molecule has 0 amide bonds. The summed E-state index contributed by atoms with van der Waals surface area (Å²) < 4.78 is 5.71. The molecule has 19 heavy (non-hydrogen) atoms. The highest BCUT2D eigenvalue weighted by Gasteiger charge is 2.35. The Bertz CT molecular complexity index is 456. The smallest absolute Gasteiger partial charge is 0.168 e. The molecule has 1 aromatic carbocycles. The van der Waals surface area contributed by atoms with E-state index in [1.807, 2.05) is 24.3 Å². The van der Waals surface area contributed by atoms with E-state index >= 15 is 0 Å². The van der Waals surface area contributed by atoms with Crippen LogP contribution < -0.4 is 10.1 Å². The first-order valence-electron chi connectivity index (χ1n) is 7.20. The van der Waals surface area contributed by atoms with Crippen LogP contribution in [-0.2, 0) is 0 Å². The van der Waals surface area contributed by atoms with E-state index in [2.05, 4.69) is 12.2 Å². The summed E-state index contributed by atoms with van der Waals surface area (Å²) >= 11 is 0. The average molecular weight is 259 g/mol. The minimum atomic E-state index is -0.204. The number of benzene rings is 1.